The van der Waals surface area contributed by atoms with Gasteiger partial charge in [0.25, 0.3) is 5.91 Å². The largest absolute Gasteiger partial charge is 0.497 e. The van der Waals surface area contributed by atoms with E-state index in [1.807, 2.05) is 33.7 Å². The molecule has 7 heteroatoms. The van der Waals surface area contributed by atoms with Crippen LogP contribution in [0.2, 0.25) is 0 Å². The molecule has 3 aromatic rings. The number of nitrogens with one attached hydrogen (secondary N) is 1. The summed E-state index contributed by atoms with van der Waals surface area (Å²) in [5.41, 5.74) is 2.48. The van der Waals surface area contributed by atoms with Gasteiger partial charge in [0.2, 0.25) is 5.91 Å². The molecular weight excluding hydrogens is 404 g/mol. The topological polar surface area (TPSA) is 76.5 Å². The molecule has 1 saturated heterocycles. The molecule has 0 radical (unpaired) electrons. The highest BCUT2D eigenvalue weighted by Gasteiger charge is 2.19. The van der Waals surface area contributed by atoms with Crippen LogP contribution in [-0.4, -0.2) is 53.0 Å². The van der Waals surface area contributed by atoms with Gasteiger partial charge in [-0.3, -0.25) is 9.59 Å². The summed E-state index contributed by atoms with van der Waals surface area (Å²) >= 11 is 0. The number of methoxy groups -OCH3 is 1. The molecule has 7 nitrogen and oxygen atoms in total. The van der Waals surface area contributed by atoms with Crippen molar-refractivity contribution in [1.29, 1.82) is 0 Å². The molecule has 168 valence electrons. The van der Waals surface area contributed by atoms with E-state index in [0.717, 1.165) is 55.0 Å². The summed E-state index contributed by atoms with van der Waals surface area (Å²) in [6.45, 7) is 2.54. The first-order valence-corrected chi connectivity index (χ1v) is 11.3. The smallest absolute Gasteiger partial charge is 0.251 e. The standard InChI is InChI=1S/C25H30N4O3/c1-32-20-13-11-19(12-14-20)25(31)26-15-7-10-23-27-21-8-3-4-9-22(21)29(23)18-24(30)28-16-5-2-6-17-28/h3-4,8-9,11-14H,2,5-7,10,15-18H2,1H3,(H,26,31). The highest BCUT2D eigenvalue weighted by atomic mass is 16.5. The number of amides is 2. The van der Waals surface area contributed by atoms with Gasteiger partial charge in [-0.1, -0.05) is 12.1 Å². The van der Waals surface area contributed by atoms with Crippen molar-refractivity contribution in [2.75, 3.05) is 26.7 Å². The minimum atomic E-state index is -0.110. The second kappa shape index (κ2) is 10.3. The molecular formula is C25H30N4O3. The summed E-state index contributed by atoms with van der Waals surface area (Å²) in [6.07, 6.45) is 4.79. The molecule has 1 aromatic heterocycles. The fourth-order valence-electron chi connectivity index (χ4n) is 4.16. The molecule has 1 fully saturated rings. The van der Waals surface area contributed by atoms with Crippen molar-refractivity contribution in [2.45, 2.75) is 38.6 Å². The van der Waals surface area contributed by atoms with Crippen LogP contribution in [0.25, 0.3) is 11.0 Å². The third-order valence-electron chi connectivity index (χ3n) is 5.95. The predicted molar refractivity (Wildman–Crippen MR) is 124 cm³/mol. The lowest BCUT2D eigenvalue weighted by Gasteiger charge is -2.27. The van der Waals surface area contributed by atoms with Crippen molar-refractivity contribution in [3.8, 4) is 5.75 Å². The number of para-hydroxylation sites is 2. The number of rotatable bonds is 8. The van der Waals surface area contributed by atoms with Crippen LogP contribution in [0.5, 0.6) is 5.75 Å². The number of fused-ring (bicyclic) bond motifs is 1. The number of ether oxygens (including phenoxy) is 1. The number of piperidine rings is 1. The molecule has 32 heavy (non-hydrogen) atoms. The second-order valence-electron chi connectivity index (χ2n) is 8.13. The zero-order valence-corrected chi connectivity index (χ0v) is 18.5. The van der Waals surface area contributed by atoms with Gasteiger partial charge in [-0.2, -0.15) is 0 Å². The van der Waals surface area contributed by atoms with Gasteiger partial charge in [-0.15, -0.1) is 0 Å². The molecule has 4 rings (SSSR count). The number of imidazole rings is 1. The summed E-state index contributed by atoms with van der Waals surface area (Å²) in [5.74, 6) is 1.65. The summed E-state index contributed by atoms with van der Waals surface area (Å²) < 4.78 is 7.17. The summed E-state index contributed by atoms with van der Waals surface area (Å²) in [7, 11) is 1.60. The van der Waals surface area contributed by atoms with Crippen LogP contribution in [0.15, 0.2) is 48.5 Å². The Morgan fingerprint density at radius 3 is 2.53 bits per heavy atom. The Morgan fingerprint density at radius 2 is 1.78 bits per heavy atom. The minimum Gasteiger partial charge on any atom is -0.497 e. The predicted octanol–water partition coefficient (Wildman–Crippen LogP) is 3.42. The van der Waals surface area contributed by atoms with Gasteiger partial charge in [0.15, 0.2) is 0 Å². The quantitative estimate of drug-likeness (QED) is 0.551. The Bertz CT molecular complexity index is 1070. The molecule has 2 aromatic carbocycles. The summed E-state index contributed by atoms with van der Waals surface area (Å²) in [6, 6.07) is 15.0. The van der Waals surface area contributed by atoms with Crippen molar-refractivity contribution in [3.63, 3.8) is 0 Å². The Balaban J connectivity index is 1.38. The van der Waals surface area contributed by atoms with E-state index in [0.29, 0.717) is 25.1 Å². The molecule has 0 spiro atoms. The van der Waals surface area contributed by atoms with Crippen molar-refractivity contribution in [2.24, 2.45) is 0 Å². The van der Waals surface area contributed by atoms with E-state index in [1.165, 1.54) is 6.42 Å². The Kier molecular flexibility index (Phi) is 7.04. The van der Waals surface area contributed by atoms with Crippen LogP contribution in [0.3, 0.4) is 0 Å². The van der Waals surface area contributed by atoms with E-state index in [2.05, 4.69) is 5.32 Å². The monoisotopic (exact) mass is 434 g/mol. The van der Waals surface area contributed by atoms with Gasteiger partial charge < -0.3 is 19.5 Å². The van der Waals surface area contributed by atoms with E-state index >= 15 is 0 Å². The SMILES string of the molecule is COc1ccc(C(=O)NCCCc2nc3ccccc3n2CC(=O)N2CCCCC2)cc1. The normalized spacial score (nSPS) is 13.8. The maximum Gasteiger partial charge on any atom is 0.251 e. The zero-order chi connectivity index (χ0) is 22.3. The van der Waals surface area contributed by atoms with Crippen molar-refractivity contribution in [1.82, 2.24) is 19.8 Å². The first kappa shape index (κ1) is 21.9. The third kappa shape index (κ3) is 5.10. The maximum absolute atomic E-state index is 12.9. The van der Waals surface area contributed by atoms with Crippen molar-refractivity contribution < 1.29 is 14.3 Å². The number of hydrogen-bond acceptors (Lipinski definition) is 4. The maximum atomic E-state index is 12.9. The molecule has 2 heterocycles. The molecule has 0 unspecified atom stereocenters. The van der Waals surface area contributed by atoms with Crippen LogP contribution in [0, 0.1) is 0 Å². The lowest BCUT2D eigenvalue weighted by atomic mass is 10.1. The zero-order valence-electron chi connectivity index (χ0n) is 18.5. The number of carbonyl (C=O) groups excluding carboxylic acids is 2. The number of aromatic nitrogens is 2. The van der Waals surface area contributed by atoms with Crippen molar-refractivity contribution >= 4 is 22.8 Å². The fraction of sp³-hybridized carbons (Fsp3) is 0.400. The first-order chi connectivity index (χ1) is 15.7. The number of benzene rings is 2. The highest BCUT2D eigenvalue weighted by Crippen LogP contribution is 2.19. The Hall–Kier alpha value is -3.35. The lowest BCUT2D eigenvalue weighted by molar-refractivity contribution is -0.132. The van der Waals surface area contributed by atoms with Crippen LogP contribution in [0.1, 0.15) is 41.9 Å². The second-order valence-corrected chi connectivity index (χ2v) is 8.13. The van der Waals surface area contributed by atoms with E-state index in [1.54, 1.807) is 31.4 Å². The Morgan fingerprint density at radius 1 is 1.03 bits per heavy atom. The average Bonchev–Trinajstić information content (AvgIpc) is 3.19. The van der Waals surface area contributed by atoms with Gasteiger partial charge >= 0.3 is 0 Å². The van der Waals surface area contributed by atoms with E-state index in [4.69, 9.17) is 9.72 Å². The first-order valence-electron chi connectivity index (χ1n) is 11.3. The summed E-state index contributed by atoms with van der Waals surface area (Å²) in [4.78, 5) is 32.0. The van der Waals surface area contributed by atoms with E-state index in [-0.39, 0.29) is 11.8 Å². The fourth-order valence-corrected chi connectivity index (χ4v) is 4.16. The van der Waals surface area contributed by atoms with Crippen LogP contribution in [-0.2, 0) is 17.8 Å². The lowest BCUT2D eigenvalue weighted by Crippen LogP contribution is -2.38. The van der Waals surface area contributed by atoms with Crippen LogP contribution < -0.4 is 10.1 Å². The number of hydrogen-bond donors (Lipinski definition) is 1. The molecule has 0 atom stereocenters. The van der Waals surface area contributed by atoms with Crippen LogP contribution >= 0.6 is 0 Å². The summed E-state index contributed by atoms with van der Waals surface area (Å²) in [5, 5.41) is 2.96. The highest BCUT2D eigenvalue weighted by molar-refractivity contribution is 5.94. The number of aryl methyl sites for hydroxylation is 1. The molecule has 0 saturated carbocycles. The van der Waals surface area contributed by atoms with Gasteiger partial charge in [0.1, 0.15) is 18.1 Å². The number of likely N-dealkylation sites (tertiary alicyclic amines) is 1. The molecule has 1 aliphatic heterocycles. The Labute approximate surface area is 188 Å². The average molecular weight is 435 g/mol. The minimum absolute atomic E-state index is 0.110. The van der Waals surface area contributed by atoms with E-state index < -0.39 is 0 Å². The van der Waals surface area contributed by atoms with Gasteiger partial charge in [0.05, 0.1) is 18.1 Å². The number of nitrogens with zero attached hydrogens (tertiary/aromatic N) is 3. The third-order valence-corrected chi connectivity index (χ3v) is 5.95. The molecule has 0 bridgehead atoms. The molecule has 1 aliphatic rings. The van der Waals surface area contributed by atoms with Gasteiger partial charge in [0, 0.05) is 31.6 Å². The number of carbonyl (C=O) groups is 2. The van der Waals surface area contributed by atoms with E-state index in [9.17, 15) is 9.59 Å². The molecule has 2 amide bonds. The van der Waals surface area contributed by atoms with Crippen LogP contribution in [0.4, 0.5) is 0 Å². The van der Waals surface area contributed by atoms with Gasteiger partial charge in [-0.05, 0) is 62.1 Å². The molecule has 0 aliphatic carbocycles. The van der Waals surface area contributed by atoms with Crippen molar-refractivity contribution in [3.05, 3.63) is 59.9 Å². The molecule has 1 N–H and O–H groups in total. The van der Waals surface area contributed by atoms with Gasteiger partial charge in [-0.25, -0.2) is 4.98 Å².